The molecule has 2 N–H and O–H groups in total. The average molecular weight is 396 g/mol. The summed E-state index contributed by atoms with van der Waals surface area (Å²) in [5, 5.41) is 13.4. The van der Waals surface area contributed by atoms with Crippen molar-refractivity contribution in [1.82, 2.24) is 25.6 Å². The Kier molecular flexibility index (Phi) is 5.92. The SMILES string of the molecule is Cc1n[nH]nc1C(=O)NC1CCCN(C(=O)CC2CCCc3ccccc32)CC1. The van der Waals surface area contributed by atoms with Crippen LogP contribution in [-0.4, -0.2) is 51.3 Å². The summed E-state index contributed by atoms with van der Waals surface area (Å²) >= 11 is 0. The highest BCUT2D eigenvalue weighted by Crippen LogP contribution is 2.34. The third kappa shape index (κ3) is 4.49. The molecule has 1 fully saturated rings. The molecule has 2 atom stereocenters. The minimum Gasteiger partial charge on any atom is -0.348 e. The van der Waals surface area contributed by atoms with Gasteiger partial charge in [-0.15, -0.1) is 0 Å². The van der Waals surface area contributed by atoms with E-state index in [9.17, 15) is 9.59 Å². The van der Waals surface area contributed by atoms with E-state index in [1.54, 1.807) is 6.92 Å². The lowest BCUT2D eigenvalue weighted by Gasteiger charge is -2.28. The van der Waals surface area contributed by atoms with E-state index in [1.807, 2.05) is 4.90 Å². The van der Waals surface area contributed by atoms with Gasteiger partial charge in [0.05, 0.1) is 5.69 Å². The summed E-state index contributed by atoms with van der Waals surface area (Å²) in [5.41, 5.74) is 3.70. The summed E-state index contributed by atoms with van der Waals surface area (Å²) in [6.45, 7) is 3.22. The zero-order chi connectivity index (χ0) is 20.2. The van der Waals surface area contributed by atoms with Crippen LogP contribution in [-0.2, 0) is 11.2 Å². The Bertz CT molecular complexity index is 878. The van der Waals surface area contributed by atoms with Crippen LogP contribution in [0.15, 0.2) is 24.3 Å². The maximum atomic E-state index is 13.0. The van der Waals surface area contributed by atoms with Crippen molar-refractivity contribution in [2.45, 2.75) is 63.8 Å². The van der Waals surface area contributed by atoms with E-state index in [0.29, 0.717) is 30.3 Å². The Hall–Kier alpha value is -2.70. The number of fused-ring (bicyclic) bond motifs is 1. The van der Waals surface area contributed by atoms with Crippen LogP contribution in [0.1, 0.15) is 71.8 Å². The second-order valence-electron chi connectivity index (χ2n) is 8.23. The van der Waals surface area contributed by atoms with Crippen LogP contribution in [0.4, 0.5) is 0 Å². The topological polar surface area (TPSA) is 91.0 Å². The molecule has 1 aliphatic carbocycles. The first-order chi connectivity index (χ1) is 14.1. The van der Waals surface area contributed by atoms with Crippen molar-refractivity contribution in [3.8, 4) is 0 Å². The molecule has 7 heteroatoms. The molecule has 1 aromatic heterocycles. The zero-order valence-corrected chi connectivity index (χ0v) is 17.0. The first-order valence-electron chi connectivity index (χ1n) is 10.7. The number of nitrogens with one attached hydrogen (secondary N) is 2. The lowest BCUT2D eigenvalue weighted by Crippen LogP contribution is -2.37. The minimum atomic E-state index is -0.195. The standard InChI is InChI=1S/C22H29N5O2/c1-15-21(25-26-24-15)22(29)23-18-9-5-12-27(13-11-18)20(28)14-17-8-4-7-16-6-2-3-10-19(16)17/h2-3,6,10,17-18H,4-5,7-9,11-14H2,1H3,(H,23,29)(H,24,25,26). The van der Waals surface area contributed by atoms with Crippen LogP contribution >= 0.6 is 0 Å². The zero-order valence-electron chi connectivity index (χ0n) is 17.0. The molecule has 1 saturated heterocycles. The number of H-pyrrole nitrogens is 1. The van der Waals surface area contributed by atoms with Crippen molar-refractivity contribution < 1.29 is 9.59 Å². The number of nitrogens with zero attached hydrogens (tertiary/aromatic N) is 3. The van der Waals surface area contributed by atoms with Crippen molar-refractivity contribution in [3.63, 3.8) is 0 Å². The average Bonchev–Trinajstić information content (AvgIpc) is 3.02. The number of hydrogen-bond donors (Lipinski definition) is 2. The Morgan fingerprint density at radius 3 is 2.83 bits per heavy atom. The van der Waals surface area contributed by atoms with E-state index in [4.69, 9.17) is 0 Å². The second kappa shape index (κ2) is 8.76. The number of carbonyl (C=O) groups excluding carboxylic acids is 2. The summed E-state index contributed by atoms with van der Waals surface area (Å²) in [6, 6.07) is 8.62. The van der Waals surface area contributed by atoms with Gasteiger partial charge in [0.2, 0.25) is 5.91 Å². The van der Waals surface area contributed by atoms with E-state index in [1.165, 1.54) is 11.1 Å². The number of aryl methyl sites for hydroxylation is 2. The number of rotatable bonds is 4. The lowest BCUT2D eigenvalue weighted by atomic mass is 9.81. The summed E-state index contributed by atoms with van der Waals surface area (Å²) in [7, 11) is 0. The van der Waals surface area contributed by atoms with Crippen molar-refractivity contribution >= 4 is 11.8 Å². The van der Waals surface area contributed by atoms with Crippen molar-refractivity contribution in [1.29, 1.82) is 0 Å². The van der Waals surface area contributed by atoms with Crippen LogP contribution in [0.5, 0.6) is 0 Å². The van der Waals surface area contributed by atoms with Gasteiger partial charge in [0.15, 0.2) is 5.69 Å². The molecular formula is C22H29N5O2. The monoisotopic (exact) mass is 395 g/mol. The number of likely N-dealkylation sites (tertiary alicyclic amines) is 1. The first kappa shape index (κ1) is 19.6. The van der Waals surface area contributed by atoms with Crippen LogP contribution in [0, 0.1) is 6.92 Å². The number of aromatic amines is 1. The largest absolute Gasteiger partial charge is 0.348 e. The lowest BCUT2D eigenvalue weighted by molar-refractivity contribution is -0.131. The number of hydrogen-bond acceptors (Lipinski definition) is 4. The predicted octanol–water partition coefficient (Wildman–Crippen LogP) is 2.73. The van der Waals surface area contributed by atoms with E-state index in [-0.39, 0.29) is 17.9 Å². The molecule has 29 heavy (non-hydrogen) atoms. The normalized spacial score (nSPS) is 21.9. The Morgan fingerprint density at radius 1 is 1.14 bits per heavy atom. The van der Waals surface area contributed by atoms with Crippen molar-refractivity contribution in [3.05, 3.63) is 46.8 Å². The molecule has 2 unspecified atom stereocenters. The molecule has 154 valence electrons. The number of amides is 2. The molecule has 2 aliphatic rings. The molecule has 7 nitrogen and oxygen atoms in total. The number of aromatic nitrogens is 3. The fourth-order valence-electron chi connectivity index (χ4n) is 4.65. The molecule has 0 spiro atoms. The molecular weight excluding hydrogens is 366 g/mol. The fourth-order valence-corrected chi connectivity index (χ4v) is 4.65. The van der Waals surface area contributed by atoms with Gasteiger partial charge in [0.25, 0.3) is 5.91 Å². The van der Waals surface area contributed by atoms with Gasteiger partial charge in [-0.2, -0.15) is 15.4 Å². The van der Waals surface area contributed by atoms with Crippen LogP contribution in [0.3, 0.4) is 0 Å². The molecule has 0 radical (unpaired) electrons. The number of carbonyl (C=O) groups is 2. The Labute approximate surface area is 171 Å². The maximum Gasteiger partial charge on any atom is 0.273 e. The van der Waals surface area contributed by atoms with Gasteiger partial charge in [0.1, 0.15) is 0 Å². The predicted molar refractivity (Wildman–Crippen MR) is 110 cm³/mol. The van der Waals surface area contributed by atoms with Crippen molar-refractivity contribution in [2.24, 2.45) is 0 Å². The van der Waals surface area contributed by atoms with E-state index in [0.717, 1.165) is 45.1 Å². The molecule has 2 aromatic rings. The molecule has 2 heterocycles. The van der Waals surface area contributed by atoms with Crippen molar-refractivity contribution in [2.75, 3.05) is 13.1 Å². The van der Waals surface area contributed by atoms with Gasteiger partial charge < -0.3 is 10.2 Å². The second-order valence-corrected chi connectivity index (χ2v) is 8.23. The number of benzene rings is 1. The third-order valence-corrected chi connectivity index (χ3v) is 6.27. The van der Waals surface area contributed by atoms with Gasteiger partial charge in [0, 0.05) is 25.6 Å². The summed E-state index contributed by atoms with van der Waals surface area (Å²) in [6.07, 6.45) is 6.50. The van der Waals surface area contributed by atoms with Gasteiger partial charge in [-0.05, 0) is 62.5 Å². The highest BCUT2D eigenvalue weighted by Gasteiger charge is 2.27. The molecule has 0 bridgehead atoms. The molecule has 2 amide bonds. The van der Waals surface area contributed by atoms with Crippen LogP contribution in [0.2, 0.25) is 0 Å². The molecule has 1 aliphatic heterocycles. The highest BCUT2D eigenvalue weighted by molar-refractivity contribution is 5.93. The minimum absolute atomic E-state index is 0.0619. The third-order valence-electron chi connectivity index (χ3n) is 6.27. The summed E-state index contributed by atoms with van der Waals surface area (Å²) in [4.78, 5) is 27.4. The Balaban J connectivity index is 1.32. The van der Waals surface area contributed by atoms with Gasteiger partial charge in [-0.1, -0.05) is 24.3 Å². The van der Waals surface area contributed by atoms with Gasteiger partial charge in [-0.25, -0.2) is 0 Å². The molecule has 1 aromatic carbocycles. The van der Waals surface area contributed by atoms with Crippen LogP contribution < -0.4 is 5.32 Å². The Morgan fingerprint density at radius 2 is 2.00 bits per heavy atom. The van der Waals surface area contributed by atoms with Gasteiger partial charge >= 0.3 is 0 Å². The van der Waals surface area contributed by atoms with E-state index in [2.05, 4.69) is 45.0 Å². The highest BCUT2D eigenvalue weighted by atomic mass is 16.2. The van der Waals surface area contributed by atoms with E-state index < -0.39 is 0 Å². The summed E-state index contributed by atoms with van der Waals surface area (Å²) in [5.74, 6) is 0.382. The van der Waals surface area contributed by atoms with Crippen LogP contribution in [0.25, 0.3) is 0 Å². The maximum absolute atomic E-state index is 13.0. The quantitative estimate of drug-likeness (QED) is 0.833. The molecule has 0 saturated carbocycles. The summed E-state index contributed by atoms with van der Waals surface area (Å²) < 4.78 is 0. The smallest absolute Gasteiger partial charge is 0.273 e. The fraction of sp³-hybridized carbons (Fsp3) is 0.545. The van der Waals surface area contributed by atoms with E-state index >= 15 is 0 Å². The first-order valence-corrected chi connectivity index (χ1v) is 10.7. The van der Waals surface area contributed by atoms with Gasteiger partial charge in [-0.3, -0.25) is 9.59 Å². The molecule has 4 rings (SSSR count).